The van der Waals surface area contributed by atoms with Crippen molar-refractivity contribution in [2.75, 3.05) is 45.9 Å². The topological polar surface area (TPSA) is 48.9 Å². The molecule has 142 valence electrons. The summed E-state index contributed by atoms with van der Waals surface area (Å²) in [6.45, 7) is 10.1. The molecule has 0 spiro atoms. The lowest BCUT2D eigenvalue weighted by Crippen LogP contribution is -2.44. The van der Waals surface area contributed by atoms with Gasteiger partial charge in [0.25, 0.3) is 0 Å². The van der Waals surface area contributed by atoms with E-state index in [-0.39, 0.29) is 29.8 Å². The molecule has 1 fully saturated rings. The maximum absolute atomic E-state index is 13.2. The van der Waals surface area contributed by atoms with Crippen molar-refractivity contribution in [3.8, 4) is 0 Å². The first-order chi connectivity index (χ1) is 11.7. The number of nitrogens with one attached hydrogen (secondary N) is 2. The van der Waals surface area contributed by atoms with Crippen LogP contribution in [0.4, 0.5) is 4.39 Å². The van der Waals surface area contributed by atoms with Crippen LogP contribution in [0.15, 0.2) is 29.3 Å². The fourth-order valence-corrected chi connectivity index (χ4v) is 2.72. The second-order valence-electron chi connectivity index (χ2n) is 6.02. The standard InChI is InChI=1S/C18H29FN4O.HI/c1-3-20-18(21-8-7-16-5-4-6-17(19)13-16)22-14-15(2)23-9-11-24-12-10-23;/h4-6,13,15H,3,7-12,14H2,1-2H3,(H2,20,21,22);1H. The van der Waals surface area contributed by atoms with E-state index < -0.39 is 0 Å². The van der Waals surface area contributed by atoms with Crippen molar-refractivity contribution >= 4 is 29.9 Å². The molecule has 1 aliphatic rings. The lowest BCUT2D eigenvalue weighted by Gasteiger charge is -2.31. The van der Waals surface area contributed by atoms with Gasteiger partial charge in [-0.05, 0) is 38.0 Å². The van der Waals surface area contributed by atoms with Gasteiger partial charge in [0, 0.05) is 32.2 Å². The Labute approximate surface area is 167 Å². The Morgan fingerprint density at radius 1 is 1.32 bits per heavy atom. The highest BCUT2D eigenvalue weighted by molar-refractivity contribution is 14.0. The van der Waals surface area contributed by atoms with Crippen LogP contribution in [0.25, 0.3) is 0 Å². The van der Waals surface area contributed by atoms with Crippen LogP contribution < -0.4 is 10.6 Å². The third-order valence-corrected chi connectivity index (χ3v) is 4.12. The third kappa shape index (κ3) is 8.33. The molecule has 0 radical (unpaired) electrons. The molecular weight excluding hydrogens is 434 g/mol. The molecule has 0 amide bonds. The zero-order valence-electron chi connectivity index (χ0n) is 15.1. The number of hydrogen-bond donors (Lipinski definition) is 2. The molecule has 5 nitrogen and oxygen atoms in total. The highest BCUT2D eigenvalue weighted by Gasteiger charge is 2.16. The zero-order chi connectivity index (χ0) is 17.2. The summed E-state index contributed by atoms with van der Waals surface area (Å²) in [6.07, 6.45) is 0.765. The van der Waals surface area contributed by atoms with E-state index >= 15 is 0 Å². The average molecular weight is 464 g/mol. The van der Waals surface area contributed by atoms with Gasteiger partial charge >= 0.3 is 0 Å². The van der Waals surface area contributed by atoms with Crippen LogP contribution >= 0.6 is 24.0 Å². The van der Waals surface area contributed by atoms with Gasteiger partial charge in [-0.1, -0.05) is 12.1 Å². The summed E-state index contributed by atoms with van der Waals surface area (Å²) in [4.78, 5) is 7.08. The molecule has 0 aliphatic carbocycles. The Hall–Kier alpha value is -0.930. The van der Waals surface area contributed by atoms with Crippen LogP contribution in [0.2, 0.25) is 0 Å². The molecule has 1 heterocycles. The molecule has 1 saturated heterocycles. The lowest BCUT2D eigenvalue weighted by molar-refractivity contribution is 0.0220. The van der Waals surface area contributed by atoms with Gasteiger partial charge in [0.1, 0.15) is 5.82 Å². The first-order valence-corrected chi connectivity index (χ1v) is 8.77. The van der Waals surface area contributed by atoms with Crippen LogP contribution in [0.3, 0.4) is 0 Å². The summed E-state index contributed by atoms with van der Waals surface area (Å²) in [6, 6.07) is 7.12. The van der Waals surface area contributed by atoms with Crippen LogP contribution in [-0.2, 0) is 11.2 Å². The van der Waals surface area contributed by atoms with Crippen molar-refractivity contribution in [1.29, 1.82) is 0 Å². The summed E-state index contributed by atoms with van der Waals surface area (Å²) < 4.78 is 18.6. The number of aliphatic imine (C=N–C) groups is 1. The number of ether oxygens (including phenoxy) is 1. The van der Waals surface area contributed by atoms with Crippen molar-refractivity contribution in [2.45, 2.75) is 26.3 Å². The van der Waals surface area contributed by atoms with E-state index in [1.54, 1.807) is 12.1 Å². The zero-order valence-corrected chi connectivity index (χ0v) is 17.5. The minimum atomic E-state index is -0.188. The monoisotopic (exact) mass is 464 g/mol. The van der Waals surface area contributed by atoms with Gasteiger partial charge in [0.15, 0.2) is 5.96 Å². The number of rotatable bonds is 7. The van der Waals surface area contributed by atoms with E-state index in [1.807, 2.05) is 6.07 Å². The summed E-state index contributed by atoms with van der Waals surface area (Å²) in [7, 11) is 0. The molecule has 1 aromatic carbocycles. The molecule has 1 aromatic rings. The first kappa shape index (κ1) is 22.1. The molecule has 1 atom stereocenters. The third-order valence-electron chi connectivity index (χ3n) is 4.12. The molecule has 0 aromatic heterocycles. The molecule has 7 heteroatoms. The van der Waals surface area contributed by atoms with Crippen LogP contribution in [-0.4, -0.2) is 62.8 Å². The van der Waals surface area contributed by atoms with Crippen molar-refractivity contribution in [2.24, 2.45) is 4.99 Å². The van der Waals surface area contributed by atoms with Crippen LogP contribution in [0, 0.1) is 5.82 Å². The predicted molar refractivity (Wildman–Crippen MR) is 111 cm³/mol. The molecule has 25 heavy (non-hydrogen) atoms. The highest BCUT2D eigenvalue weighted by atomic mass is 127. The van der Waals surface area contributed by atoms with Crippen molar-refractivity contribution < 1.29 is 9.13 Å². The highest BCUT2D eigenvalue weighted by Crippen LogP contribution is 2.04. The van der Waals surface area contributed by atoms with Crippen molar-refractivity contribution in [3.63, 3.8) is 0 Å². The average Bonchev–Trinajstić information content (AvgIpc) is 2.60. The molecule has 1 unspecified atom stereocenters. The number of hydrogen-bond acceptors (Lipinski definition) is 3. The summed E-state index contributed by atoms with van der Waals surface area (Å²) in [5.74, 6) is 0.626. The van der Waals surface area contributed by atoms with E-state index in [0.717, 1.165) is 63.9 Å². The summed E-state index contributed by atoms with van der Waals surface area (Å²) >= 11 is 0. The lowest BCUT2D eigenvalue weighted by atomic mass is 10.1. The largest absolute Gasteiger partial charge is 0.379 e. The molecule has 0 saturated carbocycles. The van der Waals surface area contributed by atoms with Crippen molar-refractivity contribution in [1.82, 2.24) is 15.5 Å². The first-order valence-electron chi connectivity index (χ1n) is 8.77. The van der Waals surface area contributed by atoms with Crippen LogP contribution in [0.1, 0.15) is 19.4 Å². The Kier molecular flexibility index (Phi) is 11.0. The Balaban J connectivity index is 0.00000312. The quantitative estimate of drug-likeness (QED) is 0.370. The van der Waals surface area contributed by atoms with Gasteiger partial charge in [-0.3, -0.25) is 9.89 Å². The van der Waals surface area contributed by atoms with Gasteiger partial charge in [-0.15, -0.1) is 24.0 Å². The van der Waals surface area contributed by atoms with E-state index in [9.17, 15) is 4.39 Å². The van der Waals surface area contributed by atoms with Gasteiger partial charge in [0.05, 0.1) is 19.8 Å². The maximum Gasteiger partial charge on any atom is 0.191 e. The summed E-state index contributed by atoms with van der Waals surface area (Å²) in [5.41, 5.74) is 0.986. The maximum atomic E-state index is 13.2. The minimum absolute atomic E-state index is 0. The SMILES string of the molecule is CCNC(=NCC(C)N1CCOCC1)NCCc1cccc(F)c1.I. The number of guanidine groups is 1. The van der Waals surface area contributed by atoms with Gasteiger partial charge in [0.2, 0.25) is 0 Å². The van der Waals surface area contributed by atoms with E-state index in [2.05, 4.69) is 34.4 Å². The van der Waals surface area contributed by atoms with E-state index in [4.69, 9.17) is 4.74 Å². The predicted octanol–water partition coefficient (Wildman–Crippen LogP) is 2.26. The second-order valence-corrected chi connectivity index (χ2v) is 6.02. The minimum Gasteiger partial charge on any atom is -0.379 e. The molecule has 2 N–H and O–H groups in total. The smallest absolute Gasteiger partial charge is 0.191 e. The molecule has 0 bridgehead atoms. The van der Waals surface area contributed by atoms with Gasteiger partial charge < -0.3 is 15.4 Å². The summed E-state index contributed by atoms with van der Waals surface area (Å²) in [5, 5.41) is 6.58. The van der Waals surface area contributed by atoms with Gasteiger partial charge in [-0.2, -0.15) is 0 Å². The fourth-order valence-electron chi connectivity index (χ4n) is 2.72. The van der Waals surface area contributed by atoms with Gasteiger partial charge in [-0.25, -0.2) is 4.39 Å². The number of benzene rings is 1. The number of morpholine rings is 1. The fraction of sp³-hybridized carbons (Fsp3) is 0.611. The number of halogens is 2. The number of nitrogens with zero attached hydrogens (tertiary/aromatic N) is 2. The molecule has 1 aliphatic heterocycles. The Bertz CT molecular complexity index is 524. The molecule has 2 rings (SSSR count). The van der Waals surface area contributed by atoms with Crippen molar-refractivity contribution in [3.05, 3.63) is 35.6 Å². The molecular formula is C18H30FIN4O. The van der Waals surface area contributed by atoms with E-state index in [1.165, 1.54) is 6.07 Å². The normalized spacial score (nSPS) is 16.8. The Morgan fingerprint density at radius 2 is 2.08 bits per heavy atom. The van der Waals surface area contributed by atoms with E-state index in [0.29, 0.717) is 6.04 Å². The van der Waals surface area contributed by atoms with Crippen LogP contribution in [0.5, 0.6) is 0 Å². The Morgan fingerprint density at radius 3 is 2.76 bits per heavy atom. The second kappa shape index (κ2) is 12.4.